The Morgan fingerprint density at radius 1 is 1.05 bits per heavy atom. The molecule has 1 aliphatic heterocycles. The minimum absolute atomic E-state index is 0. The van der Waals surface area contributed by atoms with Gasteiger partial charge >= 0.3 is 0 Å². The highest BCUT2D eigenvalue weighted by Gasteiger charge is 2.25. The fraction of sp³-hybridized carbons (Fsp3) is 0.600. The zero-order chi connectivity index (χ0) is 14.9. The van der Waals surface area contributed by atoms with Gasteiger partial charge in [0.1, 0.15) is 0 Å². The molecule has 2 N–H and O–H groups in total. The molecule has 0 radical (unpaired) electrons. The van der Waals surface area contributed by atoms with Crippen LogP contribution in [0.2, 0.25) is 0 Å². The molecule has 2 rings (SSSR count). The van der Waals surface area contributed by atoms with Gasteiger partial charge in [-0.15, -0.1) is 12.4 Å². The highest BCUT2D eigenvalue weighted by atomic mass is 35.5. The first kappa shape index (κ1) is 18.4. The third-order valence-electron chi connectivity index (χ3n) is 4.23. The molecule has 0 aliphatic carbocycles. The van der Waals surface area contributed by atoms with Gasteiger partial charge in [0.15, 0.2) is 0 Å². The third-order valence-corrected chi connectivity index (χ3v) is 6.02. The van der Waals surface area contributed by atoms with E-state index in [9.17, 15) is 8.42 Å². The number of hydrogen-bond acceptors (Lipinski definition) is 3. The summed E-state index contributed by atoms with van der Waals surface area (Å²) in [5.74, 6) is 0. The maximum Gasteiger partial charge on any atom is 0.241 e. The SMILES string of the molecule is Cc1cc(C)c(C)c(S(=O)(=O)NC2CCNCC2)c1C.Cl. The molecule has 0 unspecified atom stereocenters. The molecule has 4 nitrogen and oxygen atoms in total. The first-order valence-electron chi connectivity index (χ1n) is 7.13. The molecule has 6 heteroatoms. The zero-order valence-electron chi connectivity index (χ0n) is 13.1. The second kappa shape index (κ2) is 7.09. The van der Waals surface area contributed by atoms with Crippen LogP contribution in [0.5, 0.6) is 0 Å². The van der Waals surface area contributed by atoms with Crippen molar-refractivity contribution in [3.63, 3.8) is 0 Å². The standard InChI is InChI=1S/C15H24N2O2S.ClH/c1-10-9-11(2)13(4)15(12(10)3)20(18,19)17-14-5-7-16-8-6-14;/h9,14,16-17H,5-8H2,1-4H3;1H. The average molecular weight is 333 g/mol. The lowest BCUT2D eigenvalue weighted by Crippen LogP contribution is -2.43. The summed E-state index contributed by atoms with van der Waals surface area (Å²) in [6.07, 6.45) is 1.70. The smallest absolute Gasteiger partial charge is 0.241 e. The summed E-state index contributed by atoms with van der Waals surface area (Å²) in [4.78, 5) is 0.466. The summed E-state index contributed by atoms with van der Waals surface area (Å²) in [6.45, 7) is 9.45. The Bertz CT molecular complexity index is 582. The van der Waals surface area contributed by atoms with Gasteiger partial charge in [-0.2, -0.15) is 0 Å². The van der Waals surface area contributed by atoms with Crippen molar-refractivity contribution >= 4 is 22.4 Å². The number of aryl methyl sites for hydroxylation is 2. The fourth-order valence-electron chi connectivity index (χ4n) is 2.80. The lowest BCUT2D eigenvalue weighted by Gasteiger charge is -2.25. The van der Waals surface area contributed by atoms with Crippen molar-refractivity contribution in [1.82, 2.24) is 10.0 Å². The van der Waals surface area contributed by atoms with Crippen molar-refractivity contribution in [3.05, 3.63) is 28.3 Å². The van der Waals surface area contributed by atoms with Gasteiger partial charge in [-0.1, -0.05) is 6.07 Å². The Hall–Kier alpha value is -0.620. The van der Waals surface area contributed by atoms with Crippen molar-refractivity contribution in [2.75, 3.05) is 13.1 Å². The highest BCUT2D eigenvalue weighted by molar-refractivity contribution is 7.89. The van der Waals surface area contributed by atoms with Crippen LogP contribution in [0.25, 0.3) is 0 Å². The van der Waals surface area contributed by atoms with Gasteiger partial charge in [-0.25, -0.2) is 13.1 Å². The molecule has 1 fully saturated rings. The molecule has 1 saturated heterocycles. The van der Waals surface area contributed by atoms with Crippen LogP contribution in [0.1, 0.15) is 35.1 Å². The van der Waals surface area contributed by atoms with Crippen molar-refractivity contribution in [2.45, 2.75) is 51.5 Å². The van der Waals surface area contributed by atoms with Gasteiger partial charge in [0.2, 0.25) is 10.0 Å². The van der Waals surface area contributed by atoms with Gasteiger partial charge in [0, 0.05) is 6.04 Å². The predicted octanol–water partition coefficient (Wildman–Crippen LogP) is 2.37. The molecule has 120 valence electrons. The molecular formula is C15H25ClN2O2S. The molecule has 0 atom stereocenters. The van der Waals surface area contributed by atoms with Crippen molar-refractivity contribution in [3.8, 4) is 0 Å². The van der Waals surface area contributed by atoms with Crippen LogP contribution < -0.4 is 10.0 Å². The van der Waals surface area contributed by atoms with E-state index in [0.717, 1.165) is 48.2 Å². The Balaban J connectivity index is 0.00000220. The number of rotatable bonds is 3. The van der Waals surface area contributed by atoms with E-state index in [1.165, 1.54) is 0 Å². The number of halogens is 1. The summed E-state index contributed by atoms with van der Waals surface area (Å²) >= 11 is 0. The Labute approximate surface area is 134 Å². The molecule has 0 saturated carbocycles. The topological polar surface area (TPSA) is 58.2 Å². The number of benzene rings is 1. The largest absolute Gasteiger partial charge is 0.317 e. The minimum Gasteiger partial charge on any atom is -0.317 e. The van der Waals surface area contributed by atoms with Gasteiger partial charge in [0.05, 0.1) is 4.90 Å². The third kappa shape index (κ3) is 3.97. The Morgan fingerprint density at radius 2 is 1.52 bits per heavy atom. The molecule has 21 heavy (non-hydrogen) atoms. The zero-order valence-corrected chi connectivity index (χ0v) is 14.7. The van der Waals surface area contributed by atoms with E-state index in [2.05, 4.69) is 10.0 Å². The monoisotopic (exact) mass is 332 g/mol. The van der Waals surface area contributed by atoms with E-state index < -0.39 is 10.0 Å². The van der Waals surface area contributed by atoms with Crippen molar-refractivity contribution in [1.29, 1.82) is 0 Å². The fourth-order valence-corrected chi connectivity index (χ4v) is 4.72. The van der Waals surface area contributed by atoms with Crippen LogP contribution in [-0.2, 0) is 10.0 Å². The van der Waals surface area contributed by atoms with Crippen molar-refractivity contribution < 1.29 is 8.42 Å². The van der Waals surface area contributed by atoms with Gasteiger partial charge < -0.3 is 5.32 Å². The number of piperidine rings is 1. The second-order valence-corrected chi connectivity index (χ2v) is 7.39. The molecular weight excluding hydrogens is 308 g/mol. The van der Waals surface area contributed by atoms with Gasteiger partial charge in [-0.3, -0.25) is 0 Å². The molecule has 1 aromatic rings. The minimum atomic E-state index is -3.44. The van der Waals surface area contributed by atoms with E-state index in [1.807, 2.05) is 33.8 Å². The normalized spacial score (nSPS) is 16.6. The second-order valence-electron chi connectivity index (χ2n) is 5.74. The first-order chi connectivity index (χ1) is 9.33. The molecule has 1 heterocycles. The van der Waals surface area contributed by atoms with Crippen LogP contribution >= 0.6 is 12.4 Å². The summed E-state index contributed by atoms with van der Waals surface area (Å²) < 4.78 is 28.3. The number of sulfonamides is 1. The highest BCUT2D eigenvalue weighted by Crippen LogP contribution is 2.26. The van der Waals surface area contributed by atoms with E-state index >= 15 is 0 Å². The van der Waals surface area contributed by atoms with Gasteiger partial charge in [-0.05, 0) is 75.9 Å². The molecule has 0 amide bonds. The molecule has 0 aromatic heterocycles. The maximum atomic E-state index is 12.7. The summed E-state index contributed by atoms with van der Waals surface area (Å²) in [6, 6.07) is 2.09. The van der Waals surface area contributed by atoms with Crippen molar-refractivity contribution in [2.24, 2.45) is 0 Å². The van der Waals surface area contributed by atoms with E-state index in [0.29, 0.717) is 4.90 Å². The molecule has 1 aromatic carbocycles. The van der Waals surface area contributed by atoms with Crippen LogP contribution in [0, 0.1) is 27.7 Å². The van der Waals surface area contributed by atoms with E-state index in [4.69, 9.17) is 0 Å². The Kier molecular flexibility index (Phi) is 6.23. The number of nitrogens with one attached hydrogen (secondary N) is 2. The Morgan fingerprint density at radius 3 is 2.00 bits per heavy atom. The van der Waals surface area contributed by atoms with Crippen LogP contribution in [0.4, 0.5) is 0 Å². The average Bonchev–Trinajstić information content (AvgIpc) is 2.37. The number of hydrogen-bond donors (Lipinski definition) is 2. The van der Waals surface area contributed by atoms with Crippen LogP contribution in [0.3, 0.4) is 0 Å². The quantitative estimate of drug-likeness (QED) is 0.893. The summed E-state index contributed by atoms with van der Waals surface area (Å²) in [5, 5.41) is 3.25. The van der Waals surface area contributed by atoms with Crippen LogP contribution in [-0.4, -0.2) is 27.5 Å². The first-order valence-corrected chi connectivity index (χ1v) is 8.61. The maximum absolute atomic E-state index is 12.7. The van der Waals surface area contributed by atoms with Gasteiger partial charge in [0.25, 0.3) is 0 Å². The van der Waals surface area contributed by atoms with E-state index in [1.54, 1.807) is 0 Å². The molecule has 1 aliphatic rings. The molecule has 0 bridgehead atoms. The lowest BCUT2D eigenvalue weighted by atomic mass is 10.0. The summed E-state index contributed by atoms with van der Waals surface area (Å²) in [5.41, 5.74) is 3.77. The lowest BCUT2D eigenvalue weighted by molar-refractivity contribution is 0.427. The summed E-state index contributed by atoms with van der Waals surface area (Å²) in [7, 11) is -3.44. The molecule has 0 spiro atoms. The predicted molar refractivity (Wildman–Crippen MR) is 88.9 cm³/mol. The van der Waals surface area contributed by atoms with Crippen LogP contribution in [0.15, 0.2) is 11.0 Å². The van der Waals surface area contributed by atoms with E-state index in [-0.39, 0.29) is 18.4 Å².